The molecule has 3 rings (SSSR count). The van der Waals surface area contributed by atoms with Crippen molar-refractivity contribution in [3.8, 4) is 0 Å². The molecule has 1 aliphatic rings. The van der Waals surface area contributed by atoms with Gasteiger partial charge in [-0.15, -0.1) is 0 Å². The molecule has 0 bridgehead atoms. The van der Waals surface area contributed by atoms with Gasteiger partial charge < -0.3 is 15.1 Å². The van der Waals surface area contributed by atoms with Crippen LogP contribution in [0.1, 0.15) is 29.0 Å². The summed E-state index contributed by atoms with van der Waals surface area (Å²) in [5.74, 6) is -0.484. The van der Waals surface area contributed by atoms with Gasteiger partial charge in [-0.25, -0.2) is 8.42 Å². The number of piperidine rings is 1. The van der Waals surface area contributed by atoms with Crippen molar-refractivity contribution < 1.29 is 22.4 Å². The van der Waals surface area contributed by atoms with Crippen LogP contribution in [0.3, 0.4) is 0 Å². The number of carbonyl (C=O) groups is 2. The van der Waals surface area contributed by atoms with Crippen LogP contribution in [0.5, 0.6) is 0 Å². The summed E-state index contributed by atoms with van der Waals surface area (Å²) in [4.78, 5) is 24.1. The predicted molar refractivity (Wildman–Crippen MR) is 113 cm³/mol. The lowest BCUT2D eigenvalue weighted by atomic mass is 9.97. The maximum Gasteiger partial charge on any atom is 0.287 e. The van der Waals surface area contributed by atoms with Crippen molar-refractivity contribution in [2.75, 3.05) is 26.2 Å². The van der Waals surface area contributed by atoms with Crippen molar-refractivity contribution in [2.45, 2.75) is 12.8 Å². The van der Waals surface area contributed by atoms with E-state index in [2.05, 4.69) is 10.6 Å². The van der Waals surface area contributed by atoms with E-state index in [4.69, 9.17) is 4.42 Å². The average molecular weight is 432 g/mol. The van der Waals surface area contributed by atoms with E-state index in [0.717, 1.165) is 5.56 Å². The number of amides is 2. The minimum atomic E-state index is -3.52. The Labute approximate surface area is 176 Å². The Morgan fingerprint density at radius 2 is 1.73 bits per heavy atom. The van der Waals surface area contributed by atoms with Crippen molar-refractivity contribution in [3.05, 3.63) is 65.5 Å². The van der Waals surface area contributed by atoms with Crippen molar-refractivity contribution in [3.63, 3.8) is 0 Å². The molecule has 0 atom stereocenters. The van der Waals surface area contributed by atoms with E-state index >= 15 is 0 Å². The second-order valence-corrected chi connectivity index (χ2v) is 8.77. The first-order valence-corrected chi connectivity index (χ1v) is 11.3. The summed E-state index contributed by atoms with van der Waals surface area (Å²) in [5, 5.41) is 6.66. The molecule has 1 aromatic heterocycles. The molecule has 30 heavy (non-hydrogen) atoms. The lowest BCUT2D eigenvalue weighted by Gasteiger charge is -2.29. The zero-order valence-electron chi connectivity index (χ0n) is 16.5. The van der Waals surface area contributed by atoms with E-state index in [9.17, 15) is 18.0 Å². The summed E-state index contributed by atoms with van der Waals surface area (Å²) < 4.78 is 31.4. The van der Waals surface area contributed by atoms with Crippen LogP contribution < -0.4 is 10.6 Å². The minimum Gasteiger partial charge on any atom is -0.459 e. The number of benzene rings is 1. The van der Waals surface area contributed by atoms with E-state index < -0.39 is 10.0 Å². The van der Waals surface area contributed by atoms with Gasteiger partial charge in [-0.05, 0) is 36.6 Å². The van der Waals surface area contributed by atoms with E-state index in [1.165, 1.54) is 16.0 Å². The summed E-state index contributed by atoms with van der Waals surface area (Å²) in [7, 11) is -3.52. The monoisotopic (exact) mass is 431 g/mol. The SMILES string of the molecule is O=C(NCCNC(=O)C1CCN(S(=O)(=O)/C=C/c2ccccc2)CC1)c1ccco1. The molecular weight excluding hydrogens is 406 g/mol. The molecule has 2 N–H and O–H groups in total. The summed E-state index contributed by atoms with van der Waals surface area (Å²) in [6.45, 7) is 1.18. The first kappa shape index (κ1) is 21.8. The molecule has 0 aliphatic carbocycles. The highest BCUT2D eigenvalue weighted by atomic mass is 32.2. The summed E-state index contributed by atoms with van der Waals surface area (Å²) >= 11 is 0. The minimum absolute atomic E-state index is 0.126. The zero-order valence-corrected chi connectivity index (χ0v) is 17.3. The van der Waals surface area contributed by atoms with Gasteiger partial charge in [0.2, 0.25) is 15.9 Å². The van der Waals surface area contributed by atoms with Crippen LogP contribution in [0.4, 0.5) is 0 Å². The van der Waals surface area contributed by atoms with Gasteiger partial charge in [-0.2, -0.15) is 4.31 Å². The fourth-order valence-electron chi connectivity index (χ4n) is 3.19. The lowest BCUT2D eigenvalue weighted by molar-refractivity contribution is -0.126. The standard InChI is InChI=1S/C21H25N3O5S/c25-20(22-11-12-23-21(26)19-7-4-15-29-19)18-8-13-24(14-9-18)30(27,28)16-10-17-5-2-1-3-6-17/h1-7,10,15-16,18H,8-9,11-14H2,(H,22,25)(H,23,26)/b16-10+. The molecule has 9 heteroatoms. The smallest absolute Gasteiger partial charge is 0.287 e. The van der Waals surface area contributed by atoms with Crippen LogP contribution in [-0.2, 0) is 14.8 Å². The number of nitrogens with zero attached hydrogens (tertiary/aromatic N) is 1. The molecule has 160 valence electrons. The Morgan fingerprint density at radius 3 is 2.40 bits per heavy atom. The third-order valence-corrected chi connectivity index (χ3v) is 6.44. The van der Waals surface area contributed by atoms with Gasteiger partial charge in [0.25, 0.3) is 5.91 Å². The Morgan fingerprint density at radius 1 is 1.03 bits per heavy atom. The van der Waals surface area contributed by atoms with E-state index in [-0.39, 0.29) is 30.0 Å². The van der Waals surface area contributed by atoms with Crippen molar-refractivity contribution >= 4 is 27.9 Å². The van der Waals surface area contributed by atoms with Crippen molar-refractivity contribution in [1.29, 1.82) is 0 Å². The number of nitrogens with one attached hydrogen (secondary N) is 2. The van der Waals surface area contributed by atoms with Gasteiger partial charge in [0, 0.05) is 37.5 Å². The van der Waals surface area contributed by atoms with Crippen LogP contribution in [0, 0.1) is 5.92 Å². The maximum absolute atomic E-state index is 12.5. The topological polar surface area (TPSA) is 109 Å². The van der Waals surface area contributed by atoms with Crippen LogP contribution in [0.15, 0.2) is 58.6 Å². The summed E-state index contributed by atoms with van der Waals surface area (Å²) in [6, 6.07) is 12.4. The first-order valence-electron chi connectivity index (χ1n) is 9.78. The molecule has 1 fully saturated rings. The van der Waals surface area contributed by atoms with E-state index in [1.54, 1.807) is 18.2 Å². The highest BCUT2D eigenvalue weighted by Gasteiger charge is 2.29. The quantitative estimate of drug-likeness (QED) is 0.620. The third kappa shape index (κ3) is 6.04. The molecule has 8 nitrogen and oxygen atoms in total. The number of carbonyl (C=O) groups excluding carboxylic acids is 2. The Balaban J connectivity index is 1.39. The third-order valence-electron chi connectivity index (χ3n) is 4.87. The highest BCUT2D eigenvalue weighted by Crippen LogP contribution is 2.21. The lowest BCUT2D eigenvalue weighted by Crippen LogP contribution is -2.43. The van der Waals surface area contributed by atoms with Gasteiger partial charge in [-0.1, -0.05) is 30.3 Å². The van der Waals surface area contributed by atoms with Crippen LogP contribution in [0.2, 0.25) is 0 Å². The van der Waals surface area contributed by atoms with Crippen LogP contribution >= 0.6 is 0 Å². The Hall–Kier alpha value is -2.91. The molecular formula is C21H25N3O5S. The fourth-order valence-corrected chi connectivity index (χ4v) is 4.41. The molecule has 0 spiro atoms. The van der Waals surface area contributed by atoms with Crippen LogP contribution in [0.25, 0.3) is 6.08 Å². The molecule has 0 unspecified atom stereocenters. The largest absolute Gasteiger partial charge is 0.459 e. The molecule has 1 aliphatic heterocycles. The second kappa shape index (κ2) is 10.2. The number of hydrogen-bond donors (Lipinski definition) is 2. The summed E-state index contributed by atoms with van der Waals surface area (Å²) in [6.07, 6.45) is 3.91. The Bertz CT molecular complexity index is 963. The summed E-state index contributed by atoms with van der Waals surface area (Å²) in [5.41, 5.74) is 0.814. The highest BCUT2D eigenvalue weighted by molar-refractivity contribution is 7.92. The van der Waals surface area contributed by atoms with Gasteiger partial charge in [0.1, 0.15) is 0 Å². The molecule has 0 saturated carbocycles. The van der Waals surface area contributed by atoms with Gasteiger partial charge in [0.15, 0.2) is 5.76 Å². The number of rotatable bonds is 8. The molecule has 2 amide bonds. The number of hydrogen-bond acceptors (Lipinski definition) is 5. The van der Waals surface area contributed by atoms with Gasteiger partial charge in [-0.3, -0.25) is 9.59 Å². The van der Waals surface area contributed by atoms with Crippen molar-refractivity contribution in [1.82, 2.24) is 14.9 Å². The number of sulfonamides is 1. The number of furan rings is 1. The molecule has 1 aromatic carbocycles. The molecule has 2 heterocycles. The van der Waals surface area contributed by atoms with Gasteiger partial charge >= 0.3 is 0 Å². The maximum atomic E-state index is 12.5. The normalized spacial score (nSPS) is 15.9. The average Bonchev–Trinajstić information content (AvgIpc) is 3.31. The first-order chi connectivity index (χ1) is 14.5. The predicted octanol–water partition coefficient (Wildman–Crippen LogP) is 1.84. The molecule has 2 aromatic rings. The van der Waals surface area contributed by atoms with E-state index in [1.807, 2.05) is 30.3 Å². The molecule has 0 radical (unpaired) electrons. The molecule has 1 saturated heterocycles. The fraction of sp³-hybridized carbons (Fsp3) is 0.333. The second-order valence-electron chi connectivity index (χ2n) is 6.96. The van der Waals surface area contributed by atoms with Gasteiger partial charge in [0.05, 0.1) is 6.26 Å². The Kier molecular flexibility index (Phi) is 7.42. The van der Waals surface area contributed by atoms with Crippen molar-refractivity contribution in [2.24, 2.45) is 5.92 Å². The zero-order chi connectivity index (χ0) is 21.4. The van der Waals surface area contributed by atoms with E-state index in [0.29, 0.717) is 32.5 Å². The van der Waals surface area contributed by atoms with Crippen LogP contribution in [-0.4, -0.2) is 50.7 Å².